The second-order valence-electron chi connectivity index (χ2n) is 4.21. The highest BCUT2D eigenvalue weighted by atomic mass is 35.5. The van der Waals surface area contributed by atoms with Gasteiger partial charge in [-0.2, -0.15) is 5.10 Å². The van der Waals surface area contributed by atoms with Gasteiger partial charge in [-0.25, -0.2) is 9.07 Å². The lowest BCUT2D eigenvalue weighted by Gasteiger charge is -2.12. The summed E-state index contributed by atoms with van der Waals surface area (Å²) in [6, 6.07) is 6.61. The molecule has 0 aliphatic rings. The summed E-state index contributed by atoms with van der Waals surface area (Å²) >= 11 is 5.87. The Morgan fingerprint density at radius 3 is 2.65 bits per heavy atom. The second kappa shape index (κ2) is 4.88. The minimum Gasteiger partial charge on any atom is -0.234 e. The molecule has 0 radical (unpaired) electrons. The number of para-hydroxylation sites is 1. The first-order valence-electron chi connectivity index (χ1n) is 5.52. The molecule has 1 heterocycles. The van der Waals surface area contributed by atoms with Gasteiger partial charge in [-0.1, -0.05) is 26.0 Å². The molecule has 17 heavy (non-hydrogen) atoms. The first-order valence-corrected chi connectivity index (χ1v) is 6.06. The van der Waals surface area contributed by atoms with Crippen LogP contribution in [0.1, 0.15) is 31.0 Å². The van der Waals surface area contributed by atoms with Crippen molar-refractivity contribution in [2.24, 2.45) is 0 Å². The Labute approximate surface area is 105 Å². The Morgan fingerprint density at radius 2 is 2.06 bits per heavy atom. The zero-order valence-electron chi connectivity index (χ0n) is 9.82. The number of nitrogens with zero attached hydrogens (tertiary/aromatic N) is 2. The van der Waals surface area contributed by atoms with Crippen molar-refractivity contribution in [2.75, 3.05) is 0 Å². The molecule has 0 saturated carbocycles. The summed E-state index contributed by atoms with van der Waals surface area (Å²) in [5.74, 6) is 0.353. The van der Waals surface area contributed by atoms with Crippen molar-refractivity contribution in [3.8, 4) is 5.69 Å². The normalized spacial score (nSPS) is 11.1. The molecular weight excluding hydrogens is 239 g/mol. The van der Waals surface area contributed by atoms with E-state index in [9.17, 15) is 4.39 Å². The lowest BCUT2D eigenvalue weighted by molar-refractivity contribution is 0.602. The SMILES string of the molecule is CC(C)c1c(CCl)cnn1-c1ccccc1F. The predicted octanol–water partition coefficient (Wildman–Crippen LogP) is 3.87. The quantitative estimate of drug-likeness (QED) is 0.758. The summed E-state index contributed by atoms with van der Waals surface area (Å²) < 4.78 is 15.4. The molecular formula is C13H14ClFN2. The third-order valence-corrected chi connectivity index (χ3v) is 2.95. The second-order valence-corrected chi connectivity index (χ2v) is 4.47. The van der Waals surface area contributed by atoms with Gasteiger partial charge < -0.3 is 0 Å². The number of hydrogen-bond acceptors (Lipinski definition) is 1. The maximum Gasteiger partial charge on any atom is 0.148 e. The van der Waals surface area contributed by atoms with Crippen LogP contribution in [0.2, 0.25) is 0 Å². The van der Waals surface area contributed by atoms with Gasteiger partial charge in [0.05, 0.1) is 17.8 Å². The van der Waals surface area contributed by atoms with E-state index in [0.717, 1.165) is 11.3 Å². The molecule has 0 bridgehead atoms. The summed E-state index contributed by atoms with van der Waals surface area (Å²) in [5, 5.41) is 4.23. The van der Waals surface area contributed by atoms with E-state index in [1.54, 1.807) is 29.1 Å². The lowest BCUT2D eigenvalue weighted by Crippen LogP contribution is -2.06. The number of alkyl halides is 1. The van der Waals surface area contributed by atoms with Crippen molar-refractivity contribution >= 4 is 11.6 Å². The molecule has 2 rings (SSSR count). The Kier molecular flexibility index (Phi) is 3.48. The largest absolute Gasteiger partial charge is 0.234 e. The Bertz CT molecular complexity index is 520. The van der Waals surface area contributed by atoms with Crippen LogP contribution in [0.3, 0.4) is 0 Å². The molecule has 4 heteroatoms. The topological polar surface area (TPSA) is 17.8 Å². The maximum absolute atomic E-state index is 13.7. The Balaban J connectivity index is 2.60. The third-order valence-electron chi connectivity index (χ3n) is 2.66. The lowest BCUT2D eigenvalue weighted by atomic mass is 10.1. The molecule has 0 aliphatic heterocycles. The van der Waals surface area contributed by atoms with Crippen LogP contribution in [-0.2, 0) is 5.88 Å². The van der Waals surface area contributed by atoms with Gasteiger partial charge >= 0.3 is 0 Å². The molecule has 0 amide bonds. The molecule has 90 valence electrons. The smallest absolute Gasteiger partial charge is 0.148 e. The van der Waals surface area contributed by atoms with Crippen LogP contribution in [-0.4, -0.2) is 9.78 Å². The van der Waals surface area contributed by atoms with Crippen LogP contribution < -0.4 is 0 Å². The predicted molar refractivity (Wildman–Crippen MR) is 67.2 cm³/mol. The van der Waals surface area contributed by atoms with E-state index in [1.807, 2.05) is 13.8 Å². The molecule has 0 unspecified atom stereocenters. The molecule has 2 aromatic rings. The van der Waals surface area contributed by atoms with E-state index in [2.05, 4.69) is 5.10 Å². The van der Waals surface area contributed by atoms with Crippen molar-refractivity contribution in [3.63, 3.8) is 0 Å². The van der Waals surface area contributed by atoms with E-state index in [1.165, 1.54) is 6.07 Å². The molecule has 2 nitrogen and oxygen atoms in total. The van der Waals surface area contributed by atoms with Crippen LogP contribution in [0.4, 0.5) is 4.39 Å². The standard InChI is InChI=1S/C13H14ClFN2/c1-9(2)13-10(7-14)8-16-17(13)12-6-4-3-5-11(12)15/h3-6,8-9H,7H2,1-2H3. The fraction of sp³-hybridized carbons (Fsp3) is 0.308. The first kappa shape index (κ1) is 12.1. The van der Waals surface area contributed by atoms with Crippen molar-refractivity contribution in [3.05, 3.63) is 47.5 Å². The zero-order chi connectivity index (χ0) is 12.4. The first-order chi connectivity index (χ1) is 8.15. The van der Waals surface area contributed by atoms with E-state index in [4.69, 9.17) is 11.6 Å². The minimum atomic E-state index is -0.279. The number of benzene rings is 1. The van der Waals surface area contributed by atoms with Gasteiger partial charge in [0.2, 0.25) is 0 Å². The van der Waals surface area contributed by atoms with E-state index in [-0.39, 0.29) is 11.7 Å². The van der Waals surface area contributed by atoms with Crippen molar-refractivity contribution in [2.45, 2.75) is 25.6 Å². The van der Waals surface area contributed by atoms with Gasteiger partial charge in [-0.05, 0) is 18.1 Å². The molecule has 0 aliphatic carbocycles. The van der Waals surface area contributed by atoms with Gasteiger partial charge in [0.25, 0.3) is 0 Å². The molecule has 0 fully saturated rings. The molecule has 1 aromatic heterocycles. The highest BCUT2D eigenvalue weighted by Gasteiger charge is 2.16. The van der Waals surface area contributed by atoms with E-state index < -0.39 is 0 Å². The molecule has 0 spiro atoms. The highest BCUT2D eigenvalue weighted by Crippen LogP contribution is 2.25. The van der Waals surface area contributed by atoms with Crippen LogP contribution in [0.25, 0.3) is 5.69 Å². The summed E-state index contributed by atoms with van der Waals surface area (Å²) in [7, 11) is 0. The molecule has 0 N–H and O–H groups in total. The van der Waals surface area contributed by atoms with E-state index in [0.29, 0.717) is 11.6 Å². The molecule has 1 aromatic carbocycles. The van der Waals surface area contributed by atoms with Crippen LogP contribution in [0.15, 0.2) is 30.5 Å². The monoisotopic (exact) mass is 252 g/mol. The molecule has 0 atom stereocenters. The molecule has 0 saturated heterocycles. The summed E-state index contributed by atoms with van der Waals surface area (Å²) in [5.41, 5.74) is 2.38. The number of hydrogen-bond donors (Lipinski definition) is 0. The third kappa shape index (κ3) is 2.20. The Morgan fingerprint density at radius 1 is 1.35 bits per heavy atom. The minimum absolute atomic E-state index is 0.242. The van der Waals surface area contributed by atoms with Crippen LogP contribution in [0.5, 0.6) is 0 Å². The van der Waals surface area contributed by atoms with Crippen LogP contribution >= 0.6 is 11.6 Å². The summed E-state index contributed by atoms with van der Waals surface area (Å²) in [6.45, 7) is 4.09. The maximum atomic E-state index is 13.7. The van der Waals surface area contributed by atoms with Gasteiger partial charge in [0.1, 0.15) is 11.5 Å². The summed E-state index contributed by atoms with van der Waals surface area (Å²) in [4.78, 5) is 0. The fourth-order valence-electron chi connectivity index (χ4n) is 1.93. The van der Waals surface area contributed by atoms with Gasteiger partial charge in [0.15, 0.2) is 0 Å². The fourth-order valence-corrected chi connectivity index (χ4v) is 2.13. The number of aromatic nitrogens is 2. The zero-order valence-corrected chi connectivity index (χ0v) is 10.6. The highest BCUT2D eigenvalue weighted by molar-refractivity contribution is 6.17. The summed E-state index contributed by atoms with van der Waals surface area (Å²) in [6.07, 6.45) is 1.70. The van der Waals surface area contributed by atoms with Gasteiger partial charge in [-0.3, -0.25) is 0 Å². The van der Waals surface area contributed by atoms with Crippen molar-refractivity contribution < 1.29 is 4.39 Å². The average molecular weight is 253 g/mol. The van der Waals surface area contributed by atoms with Crippen molar-refractivity contribution in [1.82, 2.24) is 9.78 Å². The van der Waals surface area contributed by atoms with E-state index >= 15 is 0 Å². The number of rotatable bonds is 3. The van der Waals surface area contributed by atoms with Gasteiger partial charge in [0, 0.05) is 5.56 Å². The van der Waals surface area contributed by atoms with Crippen molar-refractivity contribution in [1.29, 1.82) is 0 Å². The Hall–Kier alpha value is -1.35. The number of halogens is 2. The van der Waals surface area contributed by atoms with Gasteiger partial charge in [-0.15, -0.1) is 11.6 Å². The average Bonchev–Trinajstić information content (AvgIpc) is 2.73. The van der Waals surface area contributed by atoms with Crippen LogP contribution in [0, 0.1) is 5.82 Å².